The fourth-order valence-electron chi connectivity index (χ4n) is 3.13. The summed E-state index contributed by atoms with van der Waals surface area (Å²) in [5, 5.41) is 12.3. The third kappa shape index (κ3) is 5.04. The summed E-state index contributed by atoms with van der Waals surface area (Å²) in [7, 11) is 1.46. The molecule has 1 aliphatic heterocycles. The number of hydrogen-bond donors (Lipinski definition) is 2. The molecule has 2 heterocycles. The van der Waals surface area contributed by atoms with Gasteiger partial charge in [-0.1, -0.05) is 6.07 Å². The average Bonchev–Trinajstić information content (AvgIpc) is 3.11. The lowest BCUT2D eigenvalue weighted by molar-refractivity contribution is -0.132. The second-order valence-corrected chi connectivity index (χ2v) is 6.79. The van der Waals surface area contributed by atoms with Gasteiger partial charge in [-0.3, -0.25) is 9.88 Å². The molecule has 1 saturated heterocycles. The maximum absolute atomic E-state index is 13.5. The molecule has 2 aromatic rings. The molecule has 8 heteroatoms. The van der Waals surface area contributed by atoms with Gasteiger partial charge in [0.2, 0.25) is 0 Å². The quantitative estimate of drug-likeness (QED) is 0.708. The van der Waals surface area contributed by atoms with Crippen molar-refractivity contribution in [2.45, 2.75) is 25.9 Å². The minimum absolute atomic E-state index is 0.207. The summed E-state index contributed by atoms with van der Waals surface area (Å²) in [6.07, 6.45) is 5.59. The molecule has 2 N–H and O–H groups in total. The number of nitrogens with one attached hydrogen (secondary N) is 1. The number of benzene rings is 1. The molecule has 0 unspecified atom stereocenters. The summed E-state index contributed by atoms with van der Waals surface area (Å²) in [6.45, 7) is 3.99. The number of anilines is 1. The molecule has 1 aliphatic rings. The number of nitrogens with zero attached hydrogens (tertiary/aromatic N) is 3. The first-order valence-electron chi connectivity index (χ1n) is 8.99. The van der Waals surface area contributed by atoms with Crippen LogP contribution in [0.15, 0.2) is 36.2 Å². The molecule has 3 rings (SSSR count). The van der Waals surface area contributed by atoms with E-state index in [9.17, 15) is 9.18 Å². The molecule has 0 aliphatic carbocycles. The lowest BCUT2D eigenvalue weighted by Gasteiger charge is -2.17. The Balaban J connectivity index is 1.54. The fraction of sp³-hybridized carbons (Fsp3) is 0.350. The third-order valence-electron chi connectivity index (χ3n) is 4.62. The minimum Gasteiger partial charge on any atom is -0.494 e. The lowest BCUT2D eigenvalue weighted by Crippen LogP contribution is -2.26. The Hall–Kier alpha value is -3.00. The van der Waals surface area contributed by atoms with Crippen molar-refractivity contribution in [3.8, 4) is 5.75 Å². The normalized spacial score (nSPS) is 17.5. The highest BCUT2D eigenvalue weighted by Crippen LogP contribution is 2.21. The Morgan fingerprint density at radius 3 is 2.93 bits per heavy atom. The van der Waals surface area contributed by atoms with Gasteiger partial charge in [0.25, 0.3) is 0 Å². The van der Waals surface area contributed by atoms with Gasteiger partial charge in [-0.15, -0.1) is 0 Å². The molecule has 28 heavy (non-hydrogen) atoms. The van der Waals surface area contributed by atoms with Crippen molar-refractivity contribution in [1.82, 2.24) is 14.9 Å². The van der Waals surface area contributed by atoms with E-state index in [0.29, 0.717) is 11.5 Å². The average molecular weight is 386 g/mol. The van der Waals surface area contributed by atoms with Gasteiger partial charge in [0.1, 0.15) is 5.82 Å². The van der Waals surface area contributed by atoms with Gasteiger partial charge in [-0.25, -0.2) is 14.2 Å². The Morgan fingerprint density at radius 1 is 1.43 bits per heavy atom. The Labute approximate surface area is 162 Å². The van der Waals surface area contributed by atoms with Crippen LogP contribution in [0.4, 0.5) is 10.2 Å². The van der Waals surface area contributed by atoms with Crippen LogP contribution < -0.4 is 10.1 Å². The fourth-order valence-corrected chi connectivity index (χ4v) is 3.13. The van der Waals surface area contributed by atoms with Gasteiger partial charge in [0, 0.05) is 31.2 Å². The summed E-state index contributed by atoms with van der Waals surface area (Å²) in [5.74, 6) is -0.425. The van der Waals surface area contributed by atoms with E-state index < -0.39 is 5.97 Å². The van der Waals surface area contributed by atoms with E-state index >= 15 is 0 Å². The van der Waals surface area contributed by atoms with E-state index in [4.69, 9.17) is 9.84 Å². The standard InChI is InChI=1S/C20H23FN4O3/c1-13(20(26)27)7-16-9-23-19(10-22-16)24-15-5-6-25(12-15)11-14-3-4-17(21)18(8-14)28-2/h3-4,7-10,15H,5-6,11-12H2,1-2H3,(H,23,24)(H,26,27)/t15-/m1/s1. The van der Waals surface area contributed by atoms with Crippen LogP contribution in [0.2, 0.25) is 0 Å². The van der Waals surface area contributed by atoms with Crippen molar-refractivity contribution >= 4 is 17.9 Å². The SMILES string of the molecule is COc1cc(CN2CC[C@@H](Nc3cnc(C=C(C)C(=O)O)cn3)C2)ccc1F. The van der Waals surface area contributed by atoms with E-state index in [2.05, 4.69) is 20.2 Å². The Morgan fingerprint density at radius 2 is 2.25 bits per heavy atom. The van der Waals surface area contributed by atoms with Crippen molar-refractivity contribution in [3.63, 3.8) is 0 Å². The number of aromatic nitrogens is 2. The first-order chi connectivity index (χ1) is 13.4. The van der Waals surface area contributed by atoms with E-state index in [0.717, 1.165) is 31.6 Å². The number of ether oxygens (including phenoxy) is 1. The number of carboxylic acid groups (broad SMARTS) is 1. The van der Waals surface area contributed by atoms with E-state index in [1.54, 1.807) is 24.5 Å². The van der Waals surface area contributed by atoms with Crippen LogP contribution in [0.3, 0.4) is 0 Å². The zero-order valence-electron chi connectivity index (χ0n) is 15.9. The van der Waals surface area contributed by atoms with Crippen LogP contribution in [-0.2, 0) is 11.3 Å². The van der Waals surface area contributed by atoms with Crippen molar-refractivity contribution in [2.75, 3.05) is 25.5 Å². The Kier molecular flexibility index (Phi) is 6.20. The second-order valence-electron chi connectivity index (χ2n) is 6.79. The first kappa shape index (κ1) is 19.8. The number of halogens is 1. The van der Waals surface area contributed by atoms with Gasteiger partial charge < -0.3 is 15.2 Å². The van der Waals surface area contributed by atoms with Crippen molar-refractivity contribution in [1.29, 1.82) is 0 Å². The second kappa shape index (κ2) is 8.79. The molecular formula is C20H23FN4O3. The maximum Gasteiger partial charge on any atom is 0.331 e. The van der Waals surface area contributed by atoms with E-state index in [1.807, 2.05) is 0 Å². The van der Waals surface area contributed by atoms with Crippen molar-refractivity contribution < 1.29 is 19.0 Å². The first-order valence-corrected chi connectivity index (χ1v) is 8.99. The molecule has 1 fully saturated rings. The summed E-state index contributed by atoms with van der Waals surface area (Å²) >= 11 is 0. The van der Waals surface area contributed by atoms with Gasteiger partial charge in [0.15, 0.2) is 11.6 Å². The summed E-state index contributed by atoms with van der Waals surface area (Å²) in [5.41, 5.74) is 1.71. The largest absolute Gasteiger partial charge is 0.494 e. The monoisotopic (exact) mass is 386 g/mol. The summed E-state index contributed by atoms with van der Waals surface area (Å²) in [6, 6.07) is 5.17. The molecule has 1 aromatic heterocycles. The van der Waals surface area contributed by atoms with Gasteiger partial charge >= 0.3 is 5.97 Å². The maximum atomic E-state index is 13.5. The molecule has 1 aromatic carbocycles. The number of hydrogen-bond acceptors (Lipinski definition) is 6. The van der Waals surface area contributed by atoms with Crippen molar-refractivity contribution in [2.24, 2.45) is 0 Å². The van der Waals surface area contributed by atoms with Crippen LogP contribution in [-0.4, -0.2) is 52.2 Å². The lowest BCUT2D eigenvalue weighted by atomic mass is 10.2. The summed E-state index contributed by atoms with van der Waals surface area (Å²) in [4.78, 5) is 21.7. The van der Waals surface area contributed by atoms with Crippen LogP contribution >= 0.6 is 0 Å². The molecule has 0 amide bonds. The number of rotatable bonds is 7. The van der Waals surface area contributed by atoms with Crippen molar-refractivity contribution in [3.05, 3.63) is 53.2 Å². The smallest absolute Gasteiger partial charge is 0.331 e. The molecule has 0 radical (unpaired) electrons. The molecule has 1 atom stereocenters. The van der Waals surface area contributed by atoms with Crippen LogP contribution in [0, 0.1) is 5.82 Å². The molecule has 0 spiro atoms. The van der Waals surface area contributed by atoms with E-state index in [-0.39, 0.29) is 23.2 Å². The molecule has 7 nitrogen and oxygen atoms in total. The molecular weight excluding hydrogens is 363 g/mol. The van der Waals surface area contributed by atoms with Crippen LogP contribution in [0.5, 0.6) is 5.75 Å². The third-order valence-corrected chi connectivity index (χ3v) is 4.62. The predicted molar refractivity (Wildman–Crippen MR) is 104 cm³/mol. The zero-order chi connectivity index (χ0) is 20.1. The molecule has 0 saturated carbocycles. The minimum atomic E-state index is -0.978. The van der Waals surface area contributed by atoms with E-state index in [1.165, 1.54) is 26.2 Å². The number of carbonyl (C=O) groups is 1. The zero-order valence-corrected chi connectivity index (χ0v) is 15.9. The van der Waals surface area contributed by atoms with Gasteiger partial charge in [-0.2, -0.15) is 0 Å². The van der Waals surface area contributed by atoms with Crippen LogP contribution in [0.25, 0.3) is 6.08 Å². The van der Waals surface area contributed by atoms with Gasteiger partial charge in [0.05, 0.1) is 25.2 Å². The highest BCUT2D eigenvalue weighted by Gasteiger charge is 2.23. The number of methoxy groups -OCH3 is 1. The Bertz CT molecular complexity index is 870. The highest BCUT2D eigenvalue weighted by atomic mass is 19.1. The van der Waals surface area contributed by atoms with Crippen LogP contribution in [0.1, 0.15) is 24.6 Å². The van der Waals surface area contributed by atoms with Gasteiger partial charge in [-0.05, 0) is 37.1 Å². The number of likely N-dealkylation sites (tertiary alicyclic amines) is 1. The predicted octanol–water partition coefficient (Wildman–Crippen LogP) is 2.80. The summed E-state index contributed by atoms with van der Waals surface area (Å²) < 4.78 is 18.6. The topological polar surface area (TPSA) is 87.6 Å². The molecule has 148 valence electrons. The highest BCUT2D eigenvalue weighted by molar-refractivity contribution is 5.91. The number of aliphatic carboxylic acids is 1. The number of carboxylic acids is 1. The molecule has 0 bridgehead atoms.